The molecule has 2 aromatic carbocycles. The van der Waals surface area contributed by atoms with Crippen LogP contribution in [0.5, 0.6) is 0 Å². The Bertz CT molecular complexity index is 684. The molecule has 0 saturated carbocycles. The highest BCUT2D eigenvalue weighted by Crippen LogP contribution is 2.31. The molecular formula is C18H19N3. The molecule has 1 heterocycles. The van der Waals surface area contributed by atoms with E-state index in [1.165, 1.54) is 0 Å². The van der Waals surface area contributed by atoms with Crippen LogP contribution in [0.4, 0.5) is 17.1 Å². The van der Waals surface area contributed by atoms with Crippen LogP contribution in [0.3, 0.4) is 0 Å². The maximum Gasteiger partial charge on any atom is 0.0653 e. The van der Waals surface area contributed by atoms with Crippen molar-refractivity contribution in [2.75, 3.05) is 22.9 Å². The lowest BCUT2D eigenvalue weighted by Gasteiger charge is -2.11. The van der Waals surface area contributed by atoms with Crippen molar-refractivity contribution in [2.24, 2.45) is 0 Å². The molecule has 3 heteroatoms. The summed E-state index contributed by atoms with van der Waals surface area (Å²) in [6, 6.07) is 14.1. The predicted molar refractivity (Wildman–Crippen MR) is 92.1 cm³/mol. The first-order valence-corrected chi connectivity index (χ1v) is 7.08. The maximum atomic E-state index is 5.70. The van der Waals surface area contributed by atoms with Crippen molar-refractivity contribution in [1.82, 2.24) is 0 Å². The minimum atomic E-state index is 0.783. The second-order valence-electron chi connectivity index (χ2n) is 5.18. The molecule has 0 saturated heterocycles. The molecule has 21 heavy (non-hydrogen) atoms. The normalized spacial score (nSPS) is 14.2. The third kappa shape index (κ3) is 3.08. The van der Waals surface area contributed by atoms with Gasteiger partial charge in [0.2, 0.25) is 0 Å². The monoisotopic (exact) mass is 277 g/mol. The number of nitrogens with two attached hydrogens (primary N) is 1. The SMILES string of the molecule is C=C1CCNc2c(/C=C/c3ccc(N)cc3)cccc2N1. The van der Waals surface area contributed by atoms with E-state index in [0.29, 0.717) is 0 Å². The van der Waals surface area contributed by atoms with Crippen molar-refractivity contribution in [3.63, 3.8) is 0 Å². The van der Waals surface area contributed by atoms with Gasteiger partial charge in [-0.15, -0.1) is 0 Å². The van der Waals surface area contributed by atoms with Crippen LogP contribution in [-0.2, 0) is 0 Å². The van der Waals surface area contributed by atoms with Crippen molar-refractivity contribution >= 4 is 29.2 Å². The Labute approximate surface area is 125 Å². The first kappa shape index (κ1) is 13.3. The maximum absolute atomic E-state index is 5.70. The second-order valence-corrected chi connectivity index (χ2v) is 5.18. The van der Waals surface area contributed by atoms with Crippen LogP contribution >= 0.6 is 0 Å². The highest BCUT2D eigenvalue weighted by Gasteiger charge is 2.10. The van der Waals surface area contributed by atoms with Crippen molar-refractivity contribution in [2.45, 2.75) is 6.42 Å². The Morgan fingerprint density at radius 1 is 1.05 bits per heavy atom. The van der Waals surface area contributed by atoms with Gasteiger partial charge in [-0.05, 0) is 29.3 Å². The molecule has 3 nitrogen and oxygen atoms in total. The summed E-state index contributed by atoms with van der Waals surface area (Å²) in [6.07, 6.45) is 5.14. The number of benzene rings is 2. The highest BCUT2D eigenvalue weighted by molar-refractivity contribution is 5.85. The average Bonchev–Trinajstić information content (AvgIpc) is 2.67. The molecule has 0 aromatic heterocycles. The number of anilines is 3. The summed E-state index contributed by atoms with van der Waals surface area (Å²) in [5.74, 6) is 0. The van der Waals surface area contributed by atoms with E-state index in [9.17, 15) is 0 Å². The number of hydrogen-bond acceptors (Lipinski definition) is 3. The van der Waals surface area contributed by atoms with Gasteiger partial charge in [-0.3, -0.25) is 0 Å². The summed E-state index contributed by atoms with van der Waals surface area (Å²) < 4.78 is 0. The molecule has 1 aliphatic heterocycles. The van der Waals surface area contributed by atoms with E-state index in [1.807, 2.05) is 24.3 Å². The van der Waals surface area contributed by atoms with Crippen LogP contribution in [0.25, 0.3) is 12.2 Å². The van der Waals surface area contributed by atoms with Gasteiger partial charge in [0.15, 0.2) is 0 Å². The lowest BCUT2D eigenvalue weighted by Crippen LogP contribution is -2.00. The van der Waals surface area contributed by atoms with Gasteiger partial charge in [0.05, 0.1) is 11.4 Å². The van der Waals surface area contributed by atoms with Gasteiger partial charge in [-0.1, -0.05) is 43.0 Å². The van der Waals surface area contributed by atoms with Crippen molar-refractivity contribution < 1.29 is 0 Å². The van der Waals surface area contributed by atoms with Crippen LogP contribution in [0.1, 0.15) is 17.5 Å². The van der Waals surface area contributed by atoms with Crippen LogP contribution in [0, 0.1) is 0 Å². The zero-order valence-corrected chi connectivity index (χ0v) is 11.9. The van der Waals surface area contributed by atoms with Crippen LogP contribution in [-0.4, -0.2) is 6.54 Å². The van der Waals surface area contributed by atoms with Gasteiger partial charge in [0.1, 0.15) is 0 Å². The number of para-hydroxylation sites is 1. The molecule has 0 amide bonds. The zero-order valence-electron chi connectivity index (χ0n) is 11.9. The smallest absolute Gasteiger partial charge is 0.0653 e. The second kappa shape index (κ2) is 5.75. The van der Waals surface area contributed by atoms with Gasteiger partial charge in [0, 0.05) is 24.4 Å². The molecule has 0 radical (unpaired) electrons. The molecule has 3 rings (SSSR count). The summed E-state index contributed by atoms with van der Waals surface area (Å²) in [4.78, 5) is 0. The molecule has 0 fully saturated rings. The van der Waals surface area contributed by atoms with Crippen LogP contribution in [0.2, 0.25) is 0 Å². The average molecular weight is 277 g/mol. The van der Waals surface area contributed by atoms with Crippen molar-refractivity contribution in [3.05, 3.63) is 65.9 Å². The highest BCUT2D eigenvalue weighted by atomic mass is 15.0. The van der Waals surface area contributed by atoms with Crippen molar-refractivity contribution in [1.29, 1.82) is 0 Å². The van der Waals surface area contributed by atoms with E-state index in [4.69, 9.17) is 5.73 Å². The van der Waals surface area contributed by atoms with E-state index in [2.05, 4.69) is 47.6 Å². The van der Waals surface area contributed by atoms with Crippen molar-refractivity contribution in [3.8, 4) is 0 Å². The third-order valence-corrected chi connectivity index (χ3v) is 3.53. The summed E-state index contributed by atoms with van der Waals surface area (Å²) in [6.45, 7) is 4.92. The topological polar surface area (TPSA) is 50.1 Å². The van der Waals surface area contributed by atoms with Crippen LogP contribution < -0.4 is 16.4 Å². The fourth-order valence-corrected chi connectivity index (χ4v) is 2.39. The molecule has 0 atom stereocenters. The molecule has 0 spiro atoms. The van der Waals surface area contributed by atoms with E-state index in [0.717, 1.165) is 46.9 Å². The van der Waals surface area contributed by atoms with Crippen LogP contribution in [0.15, 0.2) is 54.7 Å². The number of hydrogen-bond donors (Lipinski definition) is 3. The van der Waals surface area contributed by atoms with E-state index in [1.54, 1.807) is 0 Å². The molecule has 0 unspecified atom stereocenters. The minimum absolute atomic E-state index is 0.783. The molecule has 0 bridgehead atoms. The van der Waals surface area contributed by atoms with Gasteiger partial charge in [0.25, 0.3) is 0 Å². The van der Waals surface area contributed by atoms with Gasteiger partial charge >= 0.3 is 0 Å². The minimum Gasteiger partial charge on any atom is -0.399 e. The third-order valence-electron chi connectivity index (χ3n) is 3.53. The Hall–Kier alpha value is -2.68. The van der Waals surface area contributed by atoms with E-state index in [-0.39, 0.29) is 0 Å². The Morgan fingerprint density at radius 3 is 2.67 bits per heavy atom. The Morgan fingerprint density at radius 2 is 1.86 bits per heavy atom. The largest absolute Gasteiger partial charge is 0.399 e. The lowest BCUT2D eigenvalue weighted by molar-refractivity contribution is 1.03. The molecule has 2 aromatic rings. The van der Waals surface area contributed by atoms with Gasteiger partial charge < -0.3 is 16.4 Å². The predicted octanol–water partition coefficient (Wildman–Crippen LogP) is 4.18. The zero-order chi connectivity index (χ0) is 14.7. The standard InChI is InChI=1S/C18H19N3/c1-13-11-12-20-18-15(3-2-4-17(18)21-13)8-5-14-6-9-16(19)10-7-14/h2-10,20-21H,1,11-12,19H2/b8-5+. The Kier molecular flexibility index (Phi) is 3.65. The molecule has 1 aliphatic rings. The fourth-order valence-electron chi connectivity index (χ4n) is 2.39. The number of nitrogen functional groups attached to an aromatic ring is 1. The lowest BCUT2D eigenvalue weighted by atomic mass is 10.1. The Balaban J connectivity index is 1.91. The van der Waals surface area contributed by atoms with Gasteiger partial charge in [-0.25, -0.2) is 0 Å². The van der Waals surface area contributed by atoms with Gasteiger partial charge in [-0.2, -0.15) is 0 Å². The molecular weight excluding hydrogens is 258 g/mol. The number of fused-ring (bicyclic) bond motifs is 1. The molecule has 106 valence electrons. The molecule has 0 aliphatic carbocycles. The number of nitrogens with one attached hydrogen (secondary N) is 2. The first-order chi connectivity index (χ1) is 10.2. The quantitative estimate of drug-likeness (QED) is 0.570. The fraction of sp³-hybridized carbons (Fsp3) is 0.111. The summed E-state index contributed by atoms with van der Waals surface area (Å²) in [5, 5.41) is 6.84. The molecule has 4 N–H and O–H groups in total. The summed E-state index contributed by atoms with van der Waals surface area (Å²) >= 11 is 0. The summed E-state index contributed by atoms with van der Waals surface area (Å²) in [5.41, 5.74) is 12.0. The van der Waals surface area contributed by atoms with E-state index >= 15 is 0 Å². The first-order valence-electron chi connectivity index (χ1n) is 7.08. The summed E-state index contributed by atoms with van der Waals surface area (Å²) in [7, 11) is 0. The number of rotatable bonds is 2. The van der Waals surface area contributed by atoms with E-state index < -0.39 is 0 Å².